The quantitative estimate of drug-likeness (QED) is 0.201. The van der Waals surface area contributed by atoms with Gasteiger partial charge in [-0.3, -0.25) is 0 Å². The highest BCUT2D eigenvalue weighted by atomic mass is 127. The Kier molecular flexibility index (Phi) is 7.08. The van der Waals surface area contributed by atoms with Gasteiger partial charge in [0.25, 0.3) is 0 Å². The Labute approximate surface area is 205 Å². The Morgan fingerprint density at radius 3 is 2.67 bits per heavy atom. The Morgan fingerprint density at radius 2 is 1.91 bits per heavy atom. The average molecular weight is 557 g/mol. The van der Waals surface area contributed by atoms with Gasteiger partial charge >= 0.3 is 5.97 Å². The number of ether oxygens (including phenoxy) is 3. The molecule has 0 radical (unpaired) electrons. The summed E-state index contributed by atoms with van der Waals surface area (Å²) in [6.07, 6.45) is 1.66. The molecule has 33 heavy (non-hydrogen) atoms. The summed E-state index contributed by atoms with van der Waals surface area (Å²) in [6.45, 7) is 4.45. The molecule has 0 N–H and O–H groups in total. The second-order valence-corrected chi connectivity index (χ2v) is 8.49. The Hall–Kier alpha value is -3.20. The minimum absolute atomic E-state index is 0.199. The van der Waals surface area contributed by atoms with E-state index in [0.29, 0.717) is 29.6 Å². The molecule has 1 heterocycles. The smallest absolute Gasteiger partial charge is 0.363 e. The third kappa shape index (κ3) is 5.42. The van der Waals surface area contributed by atoms with Crippen LogP contribution in [0.15, 0.2) is 71.4 Å². The SMILES string of the molecule is CCOc1cc(/C=C2\N=C(c3ccccc3C)OC2=O)cc(I)c1OCc1cccc(F)c1. The molecule has 5 nitrogen and oxygen atoms in total. The highest BCUT2D eigenvalue weighted by molar-refractivity contribution is 14.1. The molecule has 168 valence electrons. The lowest BCUT2D eigenvalue weighted by Gasteiger charge is -2.15. The predicted molar refractivity (Wildman–Crippen MR) is 133 cm³/mol. The van der Waals surface area contributed by atoms with E-state index in [1.165, 1.54) is 12.1 Å². The molecule has 0 atom stereocenters. The molecule has 0 saturated carbocycles. The van der Waals surface area contributed by atoms with Crippen LogP contribution in [0.25, 0.3) is 6.08 Å². The van der Waals surface area contributed by atoms with E-state index in [1.54, 1.807) is 24.3 Å². The summed E-state index contributed by atoms with van der Waals surface area (Å²) in [4.78, 5) is 16.8. The van der Waals surface area contributed by atoms with Gasteiger partial charge in [-0.05, 0) is 89.5 Å². The van der Waals surface area contributed by atoms with Gasteiger partial charge in [-0.15, -0.1) is 0 Å². The number of cyclic esters (lactones) is 1. The third-order valence-electron chi connectivity index (χ3n) is 4.90. The van der Waals surface area contributed by atoms with Crippen molar-refractivity contribution in [3.63, 3.8) is 0 Å². The van der Waals surface area contributed by atoms with E-state index in [0.717, 1.165) is 20.3 Å². The summed E-state index contributed by atoms with van der Waals surface area (Å²) >= 11 is 2.15. The summed E-state index contributed by atoms with van der Waals surface area (Å²) in [6, 6.07) is 17.5. The zero-order valence-corrected chi connectivity index (χ0v) is 20.3. The van der Waals surface area contributed by atoms with E-state index in [2.05, 4.69) is 27.6 Å². The molecule has 0 aliphatic carbocycles. The number of carbonyl (C=O) groups is 1. The van der Waals surface area contributed by atoms with Crippen LogP contribution in [0.3, 0.4) is 0 Å². The van der Waals surface area contributed by atoms with Gasteiger partial charge in [-0.25, -0.2) is 14.2 Å². The number of esters is 1. The molecule has 0 fully saturated rings. The number of hydrogen-bond donors (Lipinski definition) is 0. The van der Waals surface area contributed by atoms with Crippen molar-refractivity contribution in [2.24, 2.45) is 4.99 Å². The monoisotopic (exact) mass is 557 g/mol. The van der Waals surface area contributed by atoms with Gasteiger partial charge in [0.05, 0.1) is 10.2 Å². The maximum absolute atomic E-state index is 13.5. The molecule has 1 aliphatic rings. The van der Waals surface area contributed by atoms with Crippen molar-refractivity contribution in [2.45, 2.75) is 20.5 Å². The lowest BCUT2D eigenvalue weighted by atomic mass is 10.1. The first-order valence-corrected chi connectivity index (χ1v) is 11.4. The van der Waals surface area contributed by atoms with Crippen LogP contribution in [0, 0.1) is 16.3 Å². The lowest BCUT2D eigenvalue weighted by molar-refractivity contribution is -0.129. The molecule has 1 aliphatic heterocycles. The third-order valence-corrected chi connectivity index (χ3v) is 5.70. The van der Waals surface area contributed by atoms with Crippen molar-refractivity contribution in [1.29, 1.82) is 0 Å². The van der Waals surface area contributed by atoms with Crippen molar-refractivity contribution < 1.29 is 23.4 Å². The summed E-state index contributed by atoms with van der Waals surface area (Å²) in [5.41, 5.74) is 3.40. The Morgan fingerprint density at radius 1 is 1.09 bits per heavy atom. The molecule has 0 spiro atoms. The van der Waals surface area contributed by atoms with E-state index in [4.69, 9.17) is 14.2 Å². The molecular weight excluding hydrogens is 536 g/mol. The summed E-state index contributed by atoms with van der Waals surface area (Å²) < 4.78 is 31.4. The highest BCUT2D eigenvalue weighted by Crippen LogP contribution is 2.36. The first kappa shape index (κ1) is 23.0. The van der Waals surface area contributed by atoms with Crippen molar-refractivity contribution in [2.75, 3.05) is 6.61 Å². The standard InChI is InChI=1S/C26H21FINO4/c1-3-31-23-14-18(12-21(28)24(23)32-15-17-8-6-9-19(27)11-17)13-22-26(30)33-25(29-22)20-10-5-4-7-16(20)2/h4-14H,3,15H2,1-2H3/b22-13-. The second kappa shape index (κ2) is 10.2. The van der Waals surface area contributed by atoms with E-state index in [-0.39, 0.29) is 18.1 Å². The molecule has 0 amide bonds. The summed E-state index contributed by atoms with van der Waals surface area (Å²) in [7, 11) is 0. The number of halogens is 2. The van der Waals surface area contributed by atoms with Crippen molar-refractivity contribution in [1.82, 2.24) is 0 Å². The fourth-order valence-electron chi connectivity index (χ4n) is 3.35. The Balaban J connectivity index is 1.62. The van der Waals surface area contributed by atoms with Crippen LogP contribution < -0.4 is 9.47 Å². The number of aliphatic imine (C=N–C) groups is 1. The average Bonchev–Trinajstić information content (AvgIpc) is 3.13. The molecule has 0 unspecified atom stereocenters. The number of rotatable bonds is 7. The van der Waals surface area contributed by atoms with Gasteiger partial charge in [0.1, 0.15) is 12.4 Å². The van der Waals surface area contributed by atoms with Crippen LogP contribution in [0.5, 0.6) is 11.5 Å². The minimum Gasteiger partial charge on any atom is -0.490 e. The van der Waals surface area contributed by atoms with Gasteiger partial charge in [-0.2, -0.15) is 0 Å². The van der Waals surface area contributed by atoms with E-state index < -0.39 is 5.97 Å². The Bertz CT molecular complexity index is 1270. The van der Waals surface area contributed by atoms with Crippen LogP contribution in [0.2, 0.25) is 0 Å². The molecule has 3 aromatic rings. The topological polar surface area (TPSA) is 57.1 Å². The highest BCUT2D eigenvalue weighted by Gasteiger charge is 2.25. The first-order chi connectivity index (χ1) is 15.9. The summed E-state index contributed by atoms with van der Waals surface area (Å²) in [5, 5.41) is 0. The van der Waals surface area contributed by atoms with Gasteiger partial charge in [0, 0.05) is 5.56 Å². The maximum Gasteiger partial charge on any atom is 0.363 e. The fraction of sp³-hybridized carbons (Fsp3) is 0.154. The largest absolute Gasteiger partial charge is 0.490 e. The van der Waals surface area contributed by atoms with Crippen LogP contribution in [-0.4, -0.2) is 18.5 Å². The van der Waals surface area contributed by atoms with E-state index in [9.17, 15) is 9.18 Å². The fourth-order valence-corrected chi connectivity index (χ4v) is 4.13. The molecule has 0 saturated heterocycles. The van der Waals surface area contributed by atoms with Crippen molar-refractivity contribution in [3.05, 3.63) is 98.0 Å². The van der Waals surface area contributed by atoms with Crippen LogP contribution in [0.4, 0.5) is 4.39 Å². The molecule has 7 heteroatoms. The number of carbonyl (C=O) groups excluding carboxylic acids is 1. The number of hydrogen-bond acceptors (Lipinski definition) is 5. The lowest BCUT2D eigenvalue weighted by Crippen LogP contribution is -2.06. The van der Waals surface area contributed by atoms with Crippen molar-refractivity contribution >= 4 is 40.5 Å². The molecule has 4 rings (SSSR count). The summed E-state index contributed by atoms with van der Waals surface area (Å²) in [5.74, 6) is 0.558. The van der Waals surface area contributed by atoms with Gasteiger partial charge in [-0.1, -0.05) is 30.3 Å². The van der Waals surface area contributed by atoms with Gasteiger partial charge in [0.15, 0.2) is 17.2 Å². The van der Waals surface area contributed by atoms with Crippen LogP contribution in [0.1, 0.15) is 29.2 Å². The zero-order chi connectivity index (χ0) is 23.4. The van der Waals surface area contributed by atoms with Crippen LogP contribution in [-0.2, 0) is 16.1 Å². The predicted octanol–water partition coefficient (Wildman–Crippen LogP) is 6.06. The van der Waals surface area contributed by atoms with Crippen molar-refractivity contribution in [3.8, 4) is 11.5 Å². The molecule has 0 bridgehead atoms. The normalized spacial score (nSPS) is 14.2. The van der Waals surface area contributed by atoms with Crippen LogP contribution >= 0.6 is 22.6 Å². The molecule has 3 aromatic carbocycles. The number of nitrogens with zero attached hydrogens (tertiary/aromatic N) is 1. The van der Waals surface area contributed by atoms with Gasteiger partial charge in [0.2, 0.25) is 5.90 Å². The minimum atomic E-state index is -0.507. The number of aryl methyl sites for hydroxylation is 1. The number of benzene rings is 3. The maximum atomic E-state index is 13.5. The zero-order valence-electron chi connectivity index (χ0n) is 18.1. The second-order valence-electron chi connectivity index (χ2n) is 7.33. The molecule has 0 aromatic heterocycles. The van der Waals surface area contributed by atoms with E-state index >= 15 is 0 Å². The molecular formula is C26H21FINO4. The van der Waals surface area contributed by atoms with Gasteiger partial charge < -0.3 is 14.2 Å². The van der Waals surface area contributed by atoms with E-state index in [1.807, 2.05) is 44.2 Å². The first-order valence-electron chi connectivity index (χ1n) is 10.4.